The number of ether oxygens (including phenoxy) is 1. The number of nitrogens with zero attached hydrogens (tertiary/aromatic N) is 5. The van der Waals surface area contributed by atoms with Crippen molar-refractivity contribution in [2.24, 2.45) is 0 Å². The van der Waals surface area contributed by atoms with E-state index >= 15 is 0 Å². The number of methoxy groups -OCH3 is 1. The van der Waals surface area contributed by atoms with E-state index in [-0.39, 0.29) is 12.2 Å². The van der Waals surface area contributed by atoms with Gasteiger partial charge in [0.1, 0.15) is 17.3 Å². The van der Waals surface area contributed by atoms with E-state index in [0.29, 0.717) is 73.1 Å². The molecule has 6 aromatic rings. The first-order valence-corrected chi connectivity index (χ1v) is 14.9. The third kappa shape index (κ3) is 6.46. The Labute approximate surface area is 279 Å². The molecule has 6 rings (SSSR count). The second kappa shape index (κ2) is 13.5. The number of benzene rings is 2. The number of amides is 1. The van der Waals surface area contributed by atoms with Gasteiger partial charge in [-0.25, -0.2) is 9.78 Å². The highest BCUT2D eigenvalue weighted by Gasteiger charge is 2.18. The van der Waals surface area contributed by atoms with Gasteiger partial charge in [-0.1, -0.05) is 29.8 Å². The Morgan fingerprint density at radius 1 is 1.10 bits per heavy atom. The normalized spacial score (nSPS) is 11.0. The highest BCUT2D eigenvalue weighted by molar-refractivity contribution is 6.34. The number of pyridine rings is 2. The smallest absolute Gasteiger partial charge is 0.339 e. The third-order valence-electron chi connectivity index (χ3n) is 7.47. The third-order valence-corrected chi connectivity index (χ3v) is 7.75. The van der Waals surface area contributed by atoms with Gasteiger partial charge in [-0.3, -0.25) is 19.6 Å². The van der Waals surface area contributed by atoms with Gasteiger partial charge in [0.15, 0.2) is 11.9 Å². The highest BCUT2D eigenvalue weighted by atomic mass is 35.5. The summed E-state index contributed by atoms with van der Waals surface area (Å²) in [6.45, 7) is 2.16. The fourth-order valence-electron chi connectivity index (χ4n) is 5.19. The van der Waals surface area contributed by atoms with Gasteiger partial charge < -0.3 is 19.0 Å². The monoisotopic (exact) mass is 656 g/mol. The summed E-state index contributed by atoms with van der Waals surface area (Å²) in [5.41, 5.74) is 5.84. The van der Waals surface area contributed by atoms with Crippen molar-refractivity contribution in [3.05, 3.63) is 130 Å². The second-order valence-electron chi connectivity index (χ2n) is 10.6. The zero-order chi connectivity index (χ0) is 33.8. The van der Waals surface area contributed by atoms with Gasteiger partial charge in [-0.05, 0) is 66.6 Å². The van der Waals surface area contributed by atoms with Crippen LogP contribution in [0.15, 0.2) is 83.8 Å². The van der Waals surface area contributed by atoms with Crippen LogP contribution in [0, 0.1) is 18.3 Å². The van der Waals surface area contributed by atoms with Crippen molar-refractivity contribution >= 4 is 58.7 Å². The summed E-state index contributed by atoms with van der Waals surface area (Å²) in [5.74, 6) is -0.501. The molecule has 2 aromatic carbocycles. The van der Waals surface area contributed by atoms with Crippen molar-refractivity contribution in [3.8, 4) is 17.2 Å². The molecule has 0 fully saturated rings. The van der Waals surface area contributed by atoms with Crippen LogP contribution >= 0.6 is 11.6 Å². The number of aromatic nitrogens is 4. The van der Waals surface area contributed by atoms with Crippen LogP contribution in [0.1, 0.15) is 59.5 Å². The number of carbonyl (C=O) groups is 3. The van der Waals surface area contributed by atoms with Crippen LogP contribution in [0.2, 0.25) is 5.02 Å². The summed E-state index contributed by atoms with van der Waals surface area (Å²) in [6, 6.07) is 17.6. The number of carbonyl (C=O) groups excluding carboxylic acids is 3. The van der Waals surface area contributed by atoms with E-state index in [2.05, 4.69) is 26.3 Å². The van der Waals surface area contributed by atoms with Gasteiger partial charge in [-0.15, -0.1) is 0 Å². The number of nitrogens with one attached hydrogen (secondary N) is 1. The second-order valence-corrected chi connectivity index (χ2v) is 11.0. The summed E-state index contributed by atoms with van der Waals surface area (Å²) < 4.78 is 12.4. The molecule has 1 N–H and O–H groups in total. The van der Waals surface area contributed by atoms with Crippen LogP contribution in [0.5, 0.6) is 0 Å². The minimum atomic E-state index is -0.463. The molecule has 1 amide bonds. The maximum atomic E-state index is 13.0. The summed E-state index contributed by atoms with van der Waals surface area (Å²) >= 11 is 6.57. The number of nitriles is 1. The zero-order valence-electron chi connectivity index (χ0n) is 25.6. The standard InChI is InChI=1S/C36H25ClN6O5/c1-21-4-3-5-29(42-35(45)30-9-7-23(20-44)17-40-30)33(21)25-10-12-39-28(26(25)16-38)8-6-22-14-27(37)34-31(15-22)41-32(48-34)19-43-13-11-24(18-43)36(46)47-2/h3-15,17-18,20H,19H2,1-2H3,(H,42,45). The number of aldehydes is 1. The Morgan fingerprint density at radius 3 is 2.71 bits per heavy atom. The number of hydrogen-bond donors (Lipinski definition) is 1. The lowest BCUT2D eigenvalue weighted by atomic mass is 9.94. The van der Waals surface area contributed by atoms with Crippen molar-refractivity contribution < 1.29 is 23.5 Å². The molecule has 4 aromatic heterocycles. The van der Waals surface area contributed by atoms with Crippen LogP contribution in [-0.2, 0) is 11.3 Å². The summed E-state index contributed by atoms with van der Waals surface area (Å²) in [4.78, 5) is 48.9. The molecule has 48 heavy (non-hydrogen) atoms. The topological polar surface area (TPSA) is 153 Å². The number of aryl methyl sites for hydroxylation is 1. The quantitative estimate of drug-likeness (QED) is 0.128. The number of oxazole rings is 1. The molecule has 236 valence electrons. The van der Waals surface area contributed by atoms with E-state index in [0.717, 1.165) is 5.56 Å². The molecule has 0 saturated heterocycles. The maximum Gasteiger partial charge on any atom is 0.339 e. The lowest BCUT2D eigenvalue weighted by Crippen LogP contribution is -2.15. The van der Waals surface area contributed by atoms with Gasteiger partial charge >= 0.3 is 5.97 Å². The SMILES string of the molecule is COC(=O)c1ccn(Cc2nc3cc(C=Cc4nccc(-c5c(C)cccc5NC(=O)c5ccc(C=O)cn5)c4C#N)cc(Cl)c3o2)c1. The van der Waals surface area contributed by atoms with E-state index in [1.165, 1.54) is 25.4 Å². The first kappa shape index (κ1) is 31.6. The Morgan fingerprint density at radius 2 is 1.96 bits per heavy atom. The molecule has 12 heteroatoms. The van der Waals surface area contributed by atoms with Crippen molar-refractivity contribution in [1.82, 2.24) is 19.5 Å². The molecule has 4 heterocycles. The van der Waals surface area contributed by atoms with Gasteiger partial charge in [-0.2, -0.15) is 5.26 Å². The molecular formula is C36H25ClN6O5. The fraction of sp³-hybridized carbons (Fsp3) is 0.0833. The predicted octanol–water partition coefficient (Wildman–Crippen LogP) is 6.99. The van der Waals surface area contributed by atoms with Crippen LogP contribution in [-0.4, -0.2) is 44.8 Å². The molecule has 0 atom stereocenters. The van der Waals surface area contributed by atoms with E-state index in [1.807, 2.05) is 13.0 Å². The van der Waals surface area contributed by atoms with Crippen LogP contribution in [0.4, 0.5) is 5.69 Å². The number of rotatable bonds is 9. The van der Waals surface area contributed by atoms with Crippen LogP contribution in [0.25, 0.3) is 34.4 Å². The molecule has 0 bridgehead atoms. The lowest BCUT2D eigenvalue weighted by molar-refractivity contribution is 0.0600. The van der Waals surface area contributed by atoms with E-state index in [4.69, 9.17) is 20.8 Å². The van der Waals surface area contributed by atoms with E-state index in [9.17, 15) is 19.6 Å². The average Bonchev–Trinajstić information content (AvgIpc) is 3.74. The Kier molecular flexibility index (Phi) is 8.91. The summed E-state index contributed by atoms with van der Waals surface area (Å²) in [5, 5.41) is 13.5. The van der Waals surface area contributed by atoms with E-state index in [1.54, 1.807) is 71.7 Å². The van der Waals surface area contributed by atoms with Crippen LogP contribution in [0.3, 0.4) is 0 Å². The molecular weight excluding hydrogens is 632 g/mol. The highest BCUT2D eigenvalue weighted by Crippen LogP contribution is 2.35. The van der Waals surface area contributed by atoms with Crippen LogP contribution < -0.4 is 5.32 Å². The fourth-order valence-corrected chi connectivity index (χ4v) is 5.45. The lowest BCUT2D eigenvalue weighted by Gasteiger charge is -2.16. The molecule has 0 radical (unpaired) electrons. The molecule has 0 spiro atoms. The number of fused-ring (bicyclic) bond motifs is 1. The average molecular weight is 657 g/mol. The molecule has 0 aliphatic carbocycles. The maximum absolute atomic E-state index is 13.0. The Bertz CT molecular complexity index is 2280. The van der Waals surface area contributed by atoms with E-state index < -0.39 is 11.9 Å². The van der Waals surface area contributed by atoms with Gasteiger partial charge in [0.25, 0.3) is 5.91 Å². The molecule has 0 unspecified atom stereocenters. The molecule has 0 saturated carbocycles. The van der Waals surface area contributed by atoms with Gasteiger partial charge in [0.05, 0.1) is 35.5 Å². The van der Waals surface area contributed by atoms with Crippen molar-refractivity contribution in [3.63, 3.8) is 0 Å². The minimum absolute atomic E-state index is 0.138. The number of halogens is 1. The molecule has 0 aliphatic rings. The predicted molar refractivity (Wildman–Crippen MR) is 180 cm³/mol. The van der Waals surface area contributed by atoms with Crippen molar-refractivity contribution in [1.29, 1.82) is 5.26 Å². The number of anilines is 1. The van der Waals surface area contributed by atoms with Crippen molar-refractivity contribution in [2.45, 2.75) is 13.5 Å². The Hall–Kier alpha value is -6.38. The van der Waals surface area contributed by atoms with Gasteiger partial charge in [0, 0.05) is 47.2 Å². The van der Waals surface area contributed by atoms with Gasteiger partial charge in [0.2, 0.25) is 5.89 Å². The van der Waals surface area contributed by atoms with Crippen molar-refractivity contribution in [2.75, 3.05) is 12.4 Å². The number of esters is 1. The number of hydrogen-bond acceptors (Lipinski definition) is 9. The summed E-state index contributed by atoms with van der Waals surface area (Å²) in [7, 11) is 1.32. The molecule has 11 nitrogen and oxygen atoms in total. The first-order valence-electron chi connectivity index (χ1n) is 14.5. The minimum Gasteiger partial charge on any atom is -0.465 e. The Balaban J connectivity index is 1.28. The molecule has 0 aliphatic heterocycles. The zero-order valence-corrected chi connectivity index (χ0v) is 26.4. The first-order chi connectivity index (χ1) is 23.3. The summed E-state index contributed by atoms with van der Waals surface area (Å²) in [6.07, 6.45) is 10.4. The largest absolute Gasteiger partial charge is 0.465 e.